The molecule has 2 aliphatic carbocycles. The van der Waals surface area contributed by atoms with E-state index in [1.54, 1.807) is 12.1 Å². The number of carbonyl (C=O) groups excluding carboxylic acids is 2. The van der Waals surface area contributed by atoms with Crippen LogP contribution in [0, 0.1) is 23.1 Å². The van der Waals surface area contributed by atoms with Gasteiger partial charge in [-0.25, -0.2) is 9.18 Å². The molecule has 2 aromatic rings. The second-order valence-corrected chi connectivity index (χ2v) is 12.6. The third kappa shape index (κ3) is 6.62. The molecule has 2 saturated heterocycles. The number of hydroxylamine groups is 1. The summed E-state index contributed by atoms with van der Waals surface area (Å²) in [7, 11) is 0. The molecule has 2 aromatic carbocycles. The maximum absolute atomic E-state index is 14.0. The lowest BCUT2D eigenvalue weighted by atomic mass is 9.78. The third-order valence-electron chi connectivity index (χ3n) is 9.99. The zero-order chi connectivity index (χ0) is 32.1. The van der Waals surface area contributed by atoms with Gasteiger partial charge in [0.25, 0.3) is 0 Å². The molecule has 3 N–H and O–H groups in total. The molecule has 2 heterocycles. The van der Waals surface area contributed by atoms with Crippen molar-refractivity contribution in [3.05, 3.63) is 70.5 Å². The zero-order valence-corrected chi connectivity index (χ0v) is 24.1. The molecular formula is C31H33F7N4O3. The van der Waals surface area contributed by atoms with Gasteiger partial charge < -0.3 is 20.4 Å². The number of likely N-dealkylation sites (tertiary alicyclic amines) is 1. The van der Waals surface area contributed by atoms with E-state index >= 15 is 0 Å². The average Bonchev–Trinajstić information content (AvgIpc) is 3.47. The van der Waals surface area contributed by atoms with Gasteiger partial charge in [-0.3, -0.25) is 4.79 Å². The normalized spacial score (nSPS) is 29.4. The summed E-state index contributed by atoms with van der Waals surface area (Å²) in [6.07, 6.45) is -7.16. The molecule has 4 aliphatic rings. The van der Waals surface area contributed by atoms with Crippen molar-refractivity contribution in [1.29, 1.82) is 0 Å². The molecule has 5 unspecified atom stereocenters. The molecule has 244 valence electrons. The molecule has 0 aromatic heterocycles. The fourth-order valence-corrected chi connectivity index (χ4v) is 7.60. The van der Waals surface area contributed by atoms with Crippen molar-refractivity contribution in [3.63, 3.8) is 0 Å². The summed E-state index contributed by atoms with van der Waals surface area (Å²) in [5.41, 5.74) is -0.390. The molecule has 14 heteroatoms. The Bertz CT molecular complexity index is 1390. The van der Waals surface area contributed by atoms with Crippen LogP contribution in [-0.2, 0) is 28.5 Å². The number of carbonyl (C=O) groups is 2. The van der Waals surface area contributed by atoms with E-state index in [0.717, 1.165) is 31.5 Å². The summed E-state index contributed by atoms with van der Waals surface area (Å²) in [5, 5.41) is 5.35. The molecule has 6 rings (SSSR count). The van der Waals surface area contributed by atoms with E-state index in [9.17, 15) is 40.3 Å². The van der Waals surface area contributed by atoms with Crippen LogP contribution in [0.4, 0.5) is 35.5 Å². The molecule has 5 atom stereocenters. The van der Waals surface area contributed by atoms with Gasteiger partial charge in [-0.15, -0.1) is 5.48 Å². The molecule has 2 saturated carbocycles. The molecule has 2 aliphatic heterocycles. The highest BCUT2D eigenvalue weighted by Crippen LogP contribution is 2.60. The Labute approximate surface area is 254 Å². The molecule has 0 bridgehead atoms. The van der Waals surface area contributed by atoms with Crippen LogP contribution >= 0.6 is 0 Å². The lowest BCUT2D eigenvalue weighted by Gasteiger charge is -2.37. The van der Waals surface area contributed by atoms with Gasteiger partial charge >= 0.3 is 18.4 Å². The third-order valence-corrected chi connectivity index (χ3v) is 9.99. The highest BCUT2D eigenvalue weighted by Gasteiger charge is 2.62. The van der Waals surface area contributed by atoms with Crippen LogP contribution in [0.5, 0.6) is 0 Å². The van der Waals surface area contributed by atoms with Crippen molar-refractivity contribution < 1.29 is 45.2 Å². The number of halogens is 7. The molecule has 0 radical (unpaired) electrons. The number of piperidine rings is 1. The predicted molar refractivity (Wildman–Crippen MR) is 146 cm³/mol. The first-order chi connectivity index (χ1) is 21.2. The van der Waals surface area contributed by atoms with E-state index < -0.39 is 53.6 Å². The quantitative estimate of drug-likeness (QED) is 0.318. The Morgan fingerprint density at radius 3 is 2.20 bits per heavy atom. The molecule has 45 heavy (non-hydrogen) atoms. The average molecular weight is 643 g/mol. The van der Waals surface area contributed by atoms with Gasteiger partial charge in [-0.05, 0) is 111 Å². The SMILES string of the molecule is O=C1NC(C2CC2C2(C(=O)NCc3cc(C(F)(F)F)cc(C(F)(F)F)c3)CCC(N3CCC(c4ccc(F)cc4)CC3)C2)NO1. The first-order valence-corrected chi connectivity index (χ1v) is 15.0. The Kier molecular flexibility index (Phi) is 8.25. The van der Waals surface area contributed by atoms with Crippen molar-refractivity contribution in [2.75, 3.05) is 13.1 Å². The molecule has 2 amide bonds. The number of hydrogen-bond donors (Lipinski definition) is 3. The summed E-state index contributed by atoms with van der Waals surface area (Å²) in [5.74, 6) is -0.727. The second-order valence-electron chi connectivity index (χ2n) is 12.6. The maximum atomic E-state index is 14.0. The number of nitrogens with zero attached hydrogens (tertiary/aromatic N) is 1. The number of alkyl halides is 6. The first kappa shape index (κ1) is 31.6. The monoisotopic (exact) mass is 642 g/mol. The van der Waals surface area contributed by atoms with Gasteiger partial charge in [0.15, 0.2) is 0 Å². The summed E-state index contributed by atoms with van der Waals surface area (Å²) in [4.78, 5) is 32.7. The topological polar surface area (TPSA) is 82.7 Å². The van der Waals surface area contributed by atoms with E-state index in [-0.39, 0.29) is 41.2 Å². The van der Waals surface area contributed by atoms with Crippen molar-refractivity contribution in [3.8, 4) is 0 Å². The molecule has 7 nitrogen and oxygen atoms in total. The maximum Gasteiger partial charge on any atom is 0.427 e. The minimum atomic E-state index is -4.99. The van der Waals surface area contributed by atoms with Gasteiger partial charge in [0.05, 0.1) is 16.5 Å². The van der Waals surface area contributed by atoms with Gasteiger partial charge in [-0.1, -0.05) is 12.1 Å². The van der Waals surface area contributed by atoms with E-state index in [4.69, 9.17) is 4.84 Å². The minimum Gasteiger partial charge on any atom is -0.352 e. The van der Waals surface area contributed by atoms with Crippen LogP contribution in [0.2, 0.25) is 0 Å². The second kappa shape index (κ2) is 11.8. The van der Waals surface area contributed by atoms with E-state index in [1.807, 2.05) is 0 Å². The summed E-state index contributed by atoms with van der Waals surface area (Å²) in [6, 6.07) is 7.87. The number of benzene rings is 2. The molecule has 4 fully saturated rings. The standard InChI is InChI=1S/C31H33F7N4O3/c32-22-3-1-18(2-4-22)19-6-9-42(10-7-19)23-5-8-29(15-23,25-14-24(25)26-40-28(44)45-41-26)27(43)39-16-17-11-20(30(33,34)35)13-21(12-17)31(36,37)38/h1-4,11-13,19,23-26,41H,5-10,14-16H2,(H,39,43)(H,40,44). The van der Waals surface area contributed by atoms with Crippen LogP contribution in [-0.4, -0.2) is 42.2 Å². The van der Waals surface area contributed by atoms with Gasteiger partial charge in [0, 0.05) is 12.6 Å². The molecule has 0 spiro atoms. The lowest BCUT2D eigenvalue weighted by molar-refractivity contribution is -0.143. The van der Waals surface area contributed by atoms with E-state index in [1.165, 1.54) is 12.1 Å². The van der Waals surface area contributed by atoms with Crippen molar-refractivity contribution in [1.82, 2.24) is 21.0 Å². The highest BCUT2D eigenvalue weighted by atomic mass is 19.4. The summed E-state index contributed by atoms with van der Waals surface area (Å²) < 4.78 is 93.9. The number of rotatable bonds is 7. The first-order valence-electron chi connectivity index (χ1n) is 15.0. The van der Waals surface area contributed by atoms with Crippen molar-refractivity contribution in [2.24, 2.45) is 17.3 Å². The van der Waals surface area contributed by atoms with Gasteiger partial charge in [0.1, 0.15) is 12.0 Å². The van der Waals surface area contributed by atoms with E-state index in [2.05, 4.69) is 21.0 Å². The fourth-order valence-electron chi connectivity index (χ4n) is 7.60. The Morgan fingerprint density at radius 2 is 1.62 bits per heavy atom. The van der Waals surface area contributed by atoms with Crippen LogP contribution in [0.25, 0.3) is 0 Å². The largest absolute Gasteiger partial charge is 0.427 e. The Morgan fingerprint density at radius 1 is 0.978 bits per heavy atom. The summed E-state index contributed by atoms with van der Waals surface area (Å²) in [6.45, 7) is 1.05. The summed E-state index contributed by atoms with van der Waals surface area (Å²) >= 11 is 0. The van der Waals surface area contributed by atoms with Gasteiger partial charge in [-0.2, -0.15) is 26.3 Å². The smallest absolute Gasteiger partial charge is 0.352 e. The zero-order valence-electron chi connectivity index (χ0n) is 24.1. The van der Waals surface area contributed by atoms with Crippen LogP contribution in [0.3, 0.4) is 0 Å². The Hall–Kier alpha value is -3.39. The minimum absolute atomic E-state index is 0.0546. The lowest BCUT2D eigenvalue weighted by Crippen LogP contribution is -2.45. The Balaban J connectivity index is 1.17. The van der Waals surface area contributed by atoms with E-state index in [0.29, 0.717) is 37.8 Å². The number of hydrogen-bond acceptors (Lipinski definition) is 5. The molecular weight excluding hydrogens is 609 g/mol. The predicted octanol–water partition coefficient (Wildman–Crippen LogP) is 6.10. The van der Waals surface area contributed by atoms with Crippen LogP contribution < -0.4 is 16.1 Å². The van der Waals surface area contributed by atoms with Crippen molar-refractivity contribution in [2.45, 2.75) is 75.5 Å². The van der Waals surface area contributed by atoms with Gasteiger partial charge in [0.2, 0.25) is 5.91 Å². The van der Waals surface area contributed by atoms with Crippen LogP contribution in [0.1, 0.15) is 66.7 Å². The number of amides is 2. The number of nitrogens with one attached hydrogen (secondary N) is 3. The van der Waals surface area contributed by atoms with Crippen molar-refractivity contribution >= 4 is 12.0 Å². The fraction of sp³-hybridized carbons (Fsp3) is 0.548. The van der Waals surface area contributed by atoms with Crippen LogP contribution in [0.15, 0.2) is 42.5 Å². The highest BCUT2D eigenvalue weighted by molar-refractivity contribution is 5.84.